The molecule has 0 aromatic rings. The highest BCUT2D eigenvalue weighted by atomic mass is 16.4. The average molecular weight is 263 g/mol. The first-order valence-electron chi connectivity index (χ1n) is 6.44. The van der Waals surface area contributed by atoms with Crippen LogP contribution in [0.3, 0.4) is 0 Å². The van der Waals surface area contributed by atoms with Gasteiger partial charge < -0.3 is 10.4 Å². The molecule has 0 spiro atoms. The third kappa shape index (κ3) is 3.53. The minimum Gasteiger partial charge on any atom is -0.481 e. The monoisotopic (exact) mass is 263 g/mol. The molecule has 0 aromatic heterocycles. The summed E-state index contributed by atoms with van der Waals surface area (Å²) in [5.74, 6) is 1.39. The van der Waals surface area contributed by atoms with Gasteiger partial charge in [-0.25, -0.2) is 0 Å². The summed E-state index contributed by atoms with van der Waals surface area (Å²) in [7, 11) is 0. The van der Waals surface area contributed by atoms with E-state index in [4.69, 9.17) is 11.5 Å². The van der Waals surface area contributed by atoms with Crippen LogP contribution in [-0.2, 0) is 9.59 Å². The molecular formula is C13H17N3O3. The van der Waals surface area contributed by atoms with E-state index in [0.29, 0.717) is 38.5 Å². The predicted molar refractivity (Wildman–Crippen MR) is 67.2 cm³/mol. The van der Waals surface area contributed by atoms with E-state index in [-0.39, 0.29) is 17.9 Å². The molecule has 6 nitrogen and oxygen atoms in total. The summed E-state index contributed by atoms with van der Waals surface area (Å²) in [5, 5.41) is 19.5. The van der Waals surface area contributed by atoms with E-state index >= 15 is 0 Å². The maximum atomic E-state index is 11.7. The summed E-state index contributed by atoms with van der Waals surface area (Å²) in [6.07, 6.45) is 8.48. The number of carbonyl (C=O) groups is 2. The molecule has 2 aliphatic rings. The molecule has 2 N–H and O–H groups in total. The van der Waals surface area contributed by atoms with Crippen molar-refractivity contribution >= 4 is 11.9 Å². The van der Waals surface area contributed by atoms with Crippen LogP contribution in [0, 0.1) is 18.3 Å². The number of carboxylic acid groups (broad SMARTS) is 1. The van der Waals surface area contributed by atoms with Crippen LogP contribution in [0.1, 0.15) is 38.5 Å². The number of aliphatic carboxylic acids is 1. The third-order valence-electron chi connectivity index (χ3n) is 3.66. The van der Waals surface area contributed by atoms with Crippen LogP contribution in [-0.4, -0.2) is 28.7 Å². The van der Waals surface area contributed by atoms with Crippen molar-refractivity contribution in [3.63, 3.8) is 0 Å². The van der Waals surface area contributed by atoms with Crippen molar-refractivity contribution in [1.82, 2.24) is 5.32 Å². The zero-order valence-corrected chi connectivity index (χ0v) is 10.6. The molecule has 1 aliphatic carbocycles. The molecular weight excluding hydrogens is 246 g/mol. The van der Waals surface area contributed by atoms with Gasteiger partial charge in [0.15, 0.2) is 5.66 Å². The highest BCUT2D eigenvalue weighted by Crippen LogP contribution is 2.37. The Morgan fingerprint density at radius 3 is 2.58 bits per heavy atom. The highest BCUT2D eigenvalue weighted by molar-refractivity contribution is 5.77. The van der Waals surface area contributed by atoms with Crippen LogP contribution in [0.5, 0.6) is 0 Å². The van der Waals surface area contributed by atoms with Crippen molar-refractivity contribution < 1.29 is 14.7 Å². The molecule has 2 rings (SSSR count). The van der Waals surface area contributed by atoms with E-state index in [1.165, 1.54) is 0 Å². The Labute approximate surface area is 111 Å². The minimum absolute atomic E-state index is 0.00309. The maximum Gasteiger partial charge on any atom is 0.306 e. The Morgan fingerprint density at radius 1 is 1.37 bits per heavy atom. The van der Waals surface area contributed by atoms with Crippen molar-refractivity contribution in [1.29, 1.82) is 0 Å². The van der Waals surface area contributed by atoms with Crippen LogP contribution in [0.25, 0.3) is 0 Å². The van der Waals surface area contributed by atoms with E-state index in [1.807, 2.05) is 0 Å². The van der Waals surface area contributed by atoms with Gasteiger partial charge in [0.1, 0.15) is 0 Å². The van der Waals surface area contributed by atoms with Crippen molar-refractivity contribution in [2.75, 3.05) is 0 Å². The van der Waals surface area contributed by atoms with Gasteiger partial charge in [-0.05, 0) is 12.8 Å². The first-order chi connectivity index (χ1) is 9.04. The van der Waals surface area contributed by atoms with E-state index in [2.05, 4.69) is 21.5 Å². The number of terminal acetylenes is 1. The third-order valence-corrected chi connectivity index (χ3v) is 3.66. The van der Waals surface area contributed by atoms with E-state index in [9.17, 15) is 9.59 Å². The molecule has 6 heteroatoms. The lowest BCUT2D eigenvalue weighted by atomic mass is 9.80. The molecule has 0 unspecified atom stereocenters. The lowest BCUT2D eigenvalue weighted by molar-refractivity contribution is -0.146. The zero-order chi connectivity index (χ0) is 13.9. The summed E-state index contributed by atoms with van der Waals surface area (Å²) in [5.41, 5.74) is -0.424. The Bertz CT molecular complexity index is 441. The molecule has 0 aromatic carbocycles. The molecule has 1 fully saturated rings. The molecule has 1 aliphatic heterocycles. The largest absolute Gasteiger partial charge is 0.481 e. The number of hydrogen-bond donors (Lipinski definition) is 2. The molecule has 0 saturated heterocycles. The van der Waals surface area contributed by atoms with E-state index in [1.54, 1.807) is 0 Å². The summed E-state index contributed by atoms with van der Waals surface area (Å²) in [6.45, 7) is 0. The maximum absolute atomic E-state index is 11.7. The first-order valence-corrected chi connectivity index (χ1v) is 6.44. The SMILES string of the molecule is C#CCCC1(CCC(=O)NC2CC(C(=O)O)C2)N=N1. The Morgan fingerprint density at radius 2 is 2.05 bits per heavy atom. The van der Waals surface area contributed by atoms with Gasteiger partial charge >= 0.3 is 5.97 Å². The number of amides is 1. The fourth-order valence-corrected chi connectivity index (χ4v) is 2.22. The molecule has 1 heterocycles. The number of carboxylic acids is 1. The van der Waals surface area contributed by atoms with Crippen LogP contribution < -0.4 is 5.32 Å². The van der Waals surface area contributed by atoms with Crippen LogP contribution in [0.15, 0.2) is 10.2 Å². The van der Waals surface area contributed by atoms with Gasteiger partial charge in [0.05, 0.1) is 5.92 Å². The molecule has 0 radical (unpaired) electrons. The smallest absolute Gasteiger partial charge is 0.306 e. The fraction of sp³-hybridized carbons (Fsp3) is 0.692. The van der Waals surface area contributed by atoms with Gasteiger partial charge in [-0.2, -0.15) is 10.2 Å². The molecule has 19 heavy (non-hydrogen) atoms. The Hall–Kier alpha value is -1.90. The Balaban J connectivity index is 1.61. The standard InChI is InChI=1S/C13H17N3O3/c1-2-3-5-13(15-16-13)6-4-11(17)14-10-7-9(8-10)12(18)19/h1,9-10H,3-8H2,(H,14,17)(H,18,19). The average Bonchev–Trinajstić information content (AvgIpc) is 3.08. The predicted octanol–water partition coefficient (Wildman–Crippen LogP) is 1.32. The van der Waals surface area contributed by atoms with E-state index in [0.717, 1.165) is 0 Å². The van der Waals surface area contributed by atoms with Gasteiger partial charge in [0.25, 0.3) is 0 Å². The summed E-state index contributed by atoms with van der Waals surface area (Å²) < 4.78 is 0. The van der Waals surface area contributed by atoms with Crippen molar-refractivity contribution in [2.45, 2.75) is 50.2 Å². The fourth-order valence-electron chi connectivity index (χ4n) is 2.22. The molecule has 1 saturated carbocycles. The van der Waals surface area contributed by atoms with E-state index < -0.39 is 11.6 Å². The summed E-state index contributed by atoms with van der Waals surface area (Å²) in [4.78, 5) is 22.3. The van der Waals surface area contributed by atoms with Crippen LogP contribution >= 0.6 is 0 Å². The van der Waals surface area contributed by atoms with Gasteiger partial charge in [-0.3, -0.25) is 9.59 Å². The van der Waals surface area contributed by atoms with Gasteiger partial charge in [-0.15, -0.1) is 12.3 Å². The molecule has 0 atom stereocenters. The molecule has 102 valence electrons. The topological polar surface area (TPSA) is 91.1 Å². The zero-order valence-electron chi connectivity index (χ0n) is 10.6. The van der Waals surface area contributed by atoms with Gasteiger partial charge in [0.2, 0.25) is 5.91 Å². The van der Waals surface area contributed by atoms with Crippen molar-refractivity contribution in [2.24, 2.45) is 16.1 Å². The second kappa shape index (κ2) is 5.39. The van der Waals surface area contributed by atoms with Crippen LogP contribution in [0.4, 0.5) is 0 Å². The van der Waals surface area contributed by atoms with Crippen molar-refractivity contribution in [3.8, 4) is 12.3 Å². The lowest BCUT2D eigenvalue weighted by Gasteiger charge is -2.32. The number of rotatable bonds is 7. The number of nitrogens with one attached hydrogen (secondary N) is 1. The lowest BCUT2D eigenvalue weighted by Crippen LogP contribution is -2.46. The second-order valence-corrected chi connectivity index (χ2v) is 5.16. The van der Waals surface area contributed by atoms with Gasteiger partial charge in [-0.1, -0.05) is 0 Å². The quantitative estimate of drug-likeness (QED) is 0.679. The minimum atomic E-state index is -0.783. The number of carbonyl (C=O) groups excluding carboxylic acids is 1. The number of nitrogens with zero attached hydrogens (tertiary/aromatic N) is 2. The first kappa shape index (κ1) is 13.5. The number of hydrogen-bond acceptors (Lipinski definition) is 4. The second-order valence-electron chi connectivity index (χ2n) is 5.16. The molecule has 1 amide bonds. The van der Waals surface area contributed by atoms with Gasteiger partial charge in [0, 0.05) is 31.7 Å². The summed E-state index contributed by atoms with van der Waals surface area (Å²) in [6, 6.07) is 0.00309. The highest BCUT2D eigenvalue weighted by Gasteiger charge is 2.40. The Kier molecular flexibility index (Phi) is 3.84. The molecule has 0 bridgehead atoms. The normalized spacial score (nSPS) is 26.1. The van der Waals surface area contributed by atoms with Crippen molar-refractivity contribution in [3.05, 3.63) is 0 Å². The van der Waals surface area contributed by atoms with Crippen LogP contribution in [0.2, 0.25) is 0 Å². The summed E-state index contributed by atoms with van der Waals surface area (Å²) >= 11 is 0.